The second-order valence-electron chi connectivity index (χ2n) is 5.44. The van der Waals surface area contributed by atoms with Crippen LogP contribution in [0.1, 0.15) is 24.4 Å². The molecule has 1 aromatic rings. The van der Waals surface area contributed by atoms with Gasteiger partial charge in [0.2, 0.25) is 0 Å². The van der Waals surface area contributed by atoms with Crippen LogP contribution in [-0.4, -0.2) is 43.9 Å². The van der Waals surface area contributed by atoms with Crippen LogP contribution in [0.5, 0.6) is 5.75 Å². The summed E-state index contributed by atoms with van der Waals surface area (Å²) >= 11 is 0. The second-order valence-corrected chi connectivity index (χ2v) is 5.44. The first-order valence-electron chi connectivity index (χ1n) is 7.03. The standard InChI is InChI=1S/C15H22N2O2/c1-18-11-5-4-8-17(9-11)13-10-19-14-7-3-2-6-12(14)15(13)16/h2-3,6-7,11,13,15H,4-5,8-10,16H2,1H3/t11-,13-,15-/m0/s1. The summed E-state index contributed by atoms with van der Waals surface area (Å²) in [4.78, 5) is 2.43. The molecule has 2 aliphatic heterocycles. The van der Waals surface area contributed by atoms with E-state index in [2.05, 4.69) is 11.0 Å². The first-order chi connectivity index (χ1) is 9.29. The number of fused-ring (bicyclic) bond motifs is 1. The van der Waals surface area contributed by atoms with Crippen molar-refractivity contribution < 1.29 is 9.47 Å². The number of nitrogens with zero attached hydrogens (tertiary/aromatic N) is 1. The van der Waals surface area contributed by atoms with Gasteiger partial charge in [-0.1, -0.05) is 18.2 Å². The van der Waals surface area contributed by atoms with Gasteiger partial charge in [0, 0.05) is 19.2 Å². The summed E-state index contributed by atoms with van der Waals surface area (Å²) in [6.45, 7) is 2.72. The predicted octanol–water partition coefficient (Wildman–Crippen LogP) is 1.56. The van der Waals surface area contributed by atoms with Gasteiger partial charge in [0.25, 0.3) is 0 Å². The van der Waals surface area contributed by atoms with Crippen LogP contribution in [0.15, 0.2) is 24.3 Å². The minimum absolute atomic E-state index is 0.0283. The topological polar surface area (TPSA) is 47.7 Å². The first-order valence-corrected chi connectivity index (χ1v) is 7.03. The van der Waals surface area contributed by atoms with Gasteiger partial charge in [0.05, 0.1) is 18.2 Å². The number of rotatable bonds is 2. The molecule has 1 saturated heterocycles. The van der Waals surface area contributed by atoms with E-state index in [4.69, 9.17) is 15.2 Å². The van der Waals surface area contributed by atoms with Crippen LogP contribution in [0.3, 0.4) is 0 Å². The molecule has 104 valence electrons. The number of hydrogen-bond acceptors (Lipinski definition) is 4. The molecular weight excluding hydrogens is 240 g/mol. The third-order valence-corrected chi connectivity index (χ3v) is 4.31. The molecule has 4 heteroatoms. The molecule has 3 atom stereocenters. The summed E-state index contributed by atoms with van der Waals surface area (Å²) in [5.41, 5.74) is 7.57. The maximum atomic E-state index is 6.45. The van der Waals surface area contributed by atoms with Gasteiger partial charge in [-0.3, -0.25) is 4.90 Å². The Morgan fingerprint density at radius 2 is 2.21 bits per heavy atom. The third-order valence-electron chi connectivity index (χ3n) is 4.31. The molecule has 2 N–H and O–H groups in total. The fourth-order valence-corrected chi connectivity index (χ4v) is 3.17. The van der Waals surface area contributed by atoms with Crippen LogP contribution in [0.2, 0.25) is 0 Å². The normalized spacial score (nSPS) is 31.6. The van der Waals surface area contributed by atoms with Crippen LogP contribution in [-0.2, 0) is 4.74 Å². The molecule has 0 aliphatic carbocycles. The van der Waals surface area contributed by atoms with Crippen LogP contribution in [0, 0.1) is 0 Å². The van der Waals surface area contributed by atoms with Crippen LogP contribution in [0.25, 0.3) is 0 Å². The molecule has 19 heavy (non-hydrogen) atoms. The van der Waals surface area contributed by atoms with E-state index < -0.39 is 0 Å². The SMILES string of the molecule is CO[C@H]1CCCN([C@H]2COc3ccccc3[C@@H]2N)C1. The summed E-state index contributed by atoms with van der Waals surface area (Å²) < 4.78 is 11.4. The molecule has 0 saturated carbocycles. The average molecular weight is 262 g/mol. The van der Waals surface area contributed by atoms with E-state index in [9.17, 15) is 0 Å². The van der Waals surface area contributed by atoms with E-state index in [0.29, 0.717) is 12.7 Å². The fraction of sp³-hybridized carbons (Fsp3) is 0.600. The number of methoxy groups -OCH3 is 1. The molecule has 0 amide bonds. The number of para-hydroxylation sites is 1. The van der Waals surface area contributed by atoms with E-state index in [1.54, 1.807) is 7.11 Å². The molecule has 1 aromatic carbocycles. The maximum Gasteiger partial charge on any atom is 0.124 e. The monoisotopic (exact) mass is 262 g/mol. The van der Waals surface area contributed by atoms with Crippen molar-refractivity contribution in [1.29, 1.82) is 0 Å². The van der Waals surface area contributed by atoms with E-state index >= 15 is 0 Å². The number of ether oxygens (including phenoxy) is 2. The van der Waals surface area contributed by atoms with Crippen molar-refractivity contribution in [1.82, 2.24) is 4.90 Å². The summed E-state index contributed by atoms with van der Waals surface area (Å²) in [5, 5.41) is 0. The van der Waals surface area contributed by atoms with Crippen molar-refractivity contribution in [2.75, 3.05) is 26.8 Å². The molecule has 0 bridgehead atoms. The zero-order valence-electron chi connectivity index (χ0n) is 11.4. The van der Waals surface area contributed by atoms with Crippen molar-refractivity contribution in [3.63, 3.8) is 0 Å². The van der Waals surface area contributed by atoms with Gasteiger partial charge in [-0.25, -0.2) is 0 Å². The van der Waals surface area contributed by atoms with Crippen molar-refractivity contribution >= 4 is 0 Å². The Hall–Kier alpha value is -1.10. The fourth-order valence-electron chi connectivity index (χ4n) is 3.17. The number of likely N-dealkylation sites (tertiary alicyclic amines) is 1. The number of nitrogens with two attached hydrogens (primary N) is 1. The lowest BCUT2D eigenvalue weighted by molar-refractivity contribution is -0.00447. The molecule has 0 spiro atoms. The van der Waals surface area contributed by atoms with E-state index in [1.165, 1.54) is 6.42 Å². The van der Waals surface area contributed by atoms with Crippen molar-refractivity contribution in [3.8, 4) is 5.75 Å². The Balaban J connectivity index is 1.76. The summed E-state index contributed by atoms with van der Waals surface area (Å²) in [6.07, 6.45) is 2.65. The summed E-state index contributed by atoms with van der Waals surface area (Å²) in [5.74, 6) is 0.937. The lowest BCUT2D eigenvalue weighted by Crippen LogP contribution is -2.53. The molecule has 2 aliphatic rings. The van der Waals surface area contributed by atoms with E-state index in [-0.39, 0.29) is 12.1 Å². The zero-order valence-corrected chi connectivity index (χ0v) is 11.4. The van der Waals surface area contributed by atoms with Crippen molar-refractivity contribution in [2.45, 2.75) is 31.0 Å². The number of piperidine rings is 1. The van der Waals surface area contributed by atoms with Crippen molar-refractivity contribution in [2.24, 2.45) is 5.73 Å². The number of benzene rings is 1. The smallest absolute Gasteiger partial charge is 0.124 e. The largest absolute Gasteiger partial charge is 0.492 e. The van der Waals surface area contributed by atoms with Gasteiger partial charge in [-0.2, -0.15) is 0 Å². The minimum Gasteiger partial charge on any atom is -0.492 e. The molecule has 2 heterocycles. The molecule has 4 nitrogen and oxygen atoms in total. The quantitative estimate of drug-likeness (QED) is 0.878. The highest BCUT2D eigenvalue weighted by molar-refractivity contribution is 5.38. The van der Waals surface area contributed by atoms with Crippen LogP contribution in [0.4, 0.5) is 0 Å². The second kappa shape index (κ2) is 5.49. The minimum atomic E-state index is 0.0283. The molecule has 0 aromatic heterocycles. The highest BCUT2D eigenvalue weighted by atomic mass is 16.5. The average Bonchev–Trinajstić information content (AvgIpc) is 2.48. The molecule has 1 fully saturated rings. The van der Waals surface area contributed by atoms with E-state index in [0.717, 1.165) is 30.8 Å². The Morgan fingerprint density at radius 1 is 1.37 bits per heavy atom. The summed E-state index contributed by atoms with van der Waals surface area (Å²) in [7, 11) is 1.79. The molecule has 0 unspecified atom stereocenters. The number of hydrogen-bond donors (Lipinski definition) is 1. The maximum absolute atomic E-state index is 6.45. The Kier molecular flexibility index (Phi) is 3.73. The Labute approximate surface area is 114 Å². The lowest BCUT2D eigenvalue weighted by Gasteiger charge is -2.42. The first kappa shape index (κ1) is 12.9. The van der Waals surface area contributed by atoms with Gasteiger partial charge in [0.1, 0.15) is 12.4 Å². The van der Waals surface area contributed by atoms with Gasteiger partial charge in [0.15, 0.2) is 0 Å². The predicted molar refractivity (Wildman–Crippen MR) is 74.3 cm³/mol. The van der Waals surface area contributed by atoms with Gasteiger partial charge in [-0.15, -0.1) is 0 Å². The highest BCUT2D eigenvalue weighted by Crippen LogP contribution is 2.33. The highest BCUT2D eigenvalue weighted by Gasteiger charge is 2.34. The molecular formula is C15H22N2O2. The van der Waals surface area contributed by atoms with Crippen molar-refractivity contribution in [3.05, 3.63) is 29.8 Å². The Bertz CT molecular complexity index is 438. The van der Waals surface area contributed by atoms with Gasteiger partial charge >= 0.3 is 0 Å². The molecule has 3 rings (SSSR count). The van der Waals surface area contributed by atoms with Gasteiger partial charge in [-0.05, 0) is 25.5 Å². The van der Waals surface area contributed by atoms with E-state index in [1.807, 2.05) is 18.2 Å². The lowest BCUT2D eigenvalue weighted by atomic mass is 9.94. The summed E-state index contributed by atoms with van der Waals surface area (Å²) in [6, 6.07) is 8.38. The Morgan fingerprint density at radius 3 is 3.05 bits per heavy atom. The van der Waals surface area contributed by atoms with Crippen LogP contribution >= 0.6 is 0 Å². The third kappa shape index (κ3) is 2.48. The zero-order chi connectivity index (χ0) is 13.2. The van der Waals surface area contributed by atoms with Gasteiger partial charge < -0.3 is 15.2 Å². The van der Waals surface area contributed by atoms with Crippen LogP contribution < -0.4 is 10.5 Å². The molecule has 0 radical (unpaired) electrons.